The molecule has 0 aliphatic rings. The zero-order valence-electron chi connectivity index (χ0n) is 10.9. The molecule has 0 unspecified atom stereocenters. The zero-order valence-corrected chi connectivity index (χ0v) is 10.9. The maximum atomic E-state index is 11.1. The summed E-state index contributed by atoms with van der Waals surface area (Å²) in [6, 6.07) is 11.4. The van der Waals surface area contributed by atoms with Crippen molar-refractivity contribution in [2.75, 3.05) is 0 Å². The summed E-state index contributed by atoms with van der Waals surface area (Å²) in [4.78, 5) is 21.5. The molecule has 20 heavy (non-hydrogen) atoms. The summed E-state index contributed by atoms with van der Waals surface area (Å²) < 4.78 is 5.52. The number of nitro benzene ring substituents is 1. The van der Waals surface area contributed by atoms with Crippen LogP contribution in [0.5, 0.6) is 11.5 Å². The molecule has 102 valence electrons. The predicted molar refractivity (Wildman–Crippen MR) is 74.4 cm³/mol. The van der Waals surface area contributed by atoms with Gasteiger partial charge in [-0.3, -0.25) is 14.9 Å². The second-order valence-corrected chi connectivity index (χ2v) is 4.17. The van der Waals surface area contributed by atoms with E-state index in [-0.39, 0.29) is 11.4 Å². The van der Waals surface area contributed by atoms with Gasteiger partial charge in [-0.2, -0.15) is 0 Å². The molecule has 0 spiro atoms. The molecule has 0 atom stereocenters. The van der Waals surface area contributed by atoms with Gasteiger partial charge in [-0.15, -0.1) is 0 Å². The van der Waals surface area contributed by atoms with Gasteiger partial charge >= 0.3 is 5.69 Å². The third kappa shape index (κ3) is 2.83. The van der Waals surface area contributed by atoms with E-state index in [0.717, 1.165) is 5.56 Å². The van der Waals surface area contributed by atoms with E-state index in [0.29, 0.717) is 24.0 Å². The van der Waals surface area contributed by atoms with Crippen molar-refractivity contribution in [1.29, 1.82) is 0 Å². The van der Waals surface area contributed by atoms with Crippen molar-refractivity contribution in [3.8, 4) is 11.5 Å². The van der Waals surface area contributed by atoms with Crippen molar-refractivity contribution in [3.63, 3.8) is 0 Å². The SMILES string of the molecule is CCc1ccc(Oc2ccccc2C=O)c([N+](=O)[O-])c1. The number of aryl methyl sites for hydroxylation is 1. The van der Waals surface area contributed by atoms with Crippen LogP contribution in [0.2, 0.25) is 0 Å². The number of nitrogens with zero attached hydrogens (tertiary/aromatic N) is 1. The van der Waals surface area contributed by atoms with Gasteiger partial charge in [0.15, 0.2) is 6.29 Å². The Morgan fingerprint density at radius 2 is 1.95 bits per heavy atom. The first-order valence-electron chi connectivity index (χ1n) is 6.15. The number of carbonyl (C=O) groups excluding carboxylic acids is 1. The van der Waals surface area contributed by atoms with Crippen LogP contribution in [-0.2, 0) is 6.42 Å². The highest BCUT2D eigenvalue weighted by atomic mass is 16.6. The van der Waals surface area contributed by atoms with Crippen LogP contribution < -0.4 is 4.74 Å². The number of para-hydroxylation sites is 1. The quantitative estimate of drug-likeness (QED) is 0.471. The zero-order chi connectivity index (χ0) is 14.5. The summed E-state index contributed by atoms with van der Waals surface area (Å²) in [5, 5.41) is 11.1. The maximum Gasteiger partial charge on any atom is 0.311 e. The lowest BCUT2D eigenvalue weighted by Crippen LogP contribution is -1.96. The van der Waals surface area contributed by atoms with Crippen LogP contribution in [0, 0.1) is 10.1 Å². The van der Waals surface area contributed by atoms with Gasteiger partial charge in [0.2, 0.25) is 5.75 Å². The standard InChI is InChI=1S/C15H13NO4/c1-2-11-7-8-15(13(9-11)16(18)19)20-14-6-4-3-5-12(14)10-17/h3-10H,2H2,1H3. The molecular formula is C15H13NO4. The van der Waals surface area contributed by atoms with Crippen molar-refractivity contribution < 1.29 is 14.5 Å². The van der Waals surface area contributed by atoms with Crippen LogP contribution in [-0.4, -0.2) is 11.2 Å². The number of nitro groups is 1. The van der Waals surface area contributed by atoms with E-state index in [2.05, 4.69) is 0 Å². The number of hydrogen-bond donors (Lipinski definition) is 0. The van der Waals surface area contributed by atoms with E-state index in [1.54, 1.807) is 36.4 Å². The van der Waals surface area contributed by atoms with Gasteiger partial charge in [0.1, 0.15) is 5.75 Å². The van der Waals surface area contributed by atoms with E-state index in [9.17, 15) is 14.9 Å². The van der Waals surface area contributed by atoms with Gasteiger partial charge in [-0.1, -0.05) is 25.1 Å². The lowest BCUT2D eigenvalue weighted by molar-refractivity contribution is -0.385. The third-order valence-corrected chi connectivity index (χ3v) is 2.89. The number of aldehydes is 1. The molecule has 0 heterocycles. The number of hydrogen-bond acceptors (Lipinski definition) is 4. The summed E-state index contributed by atoms with van der Waals surface area (Å²) in [6.45, 7) is 1.92. The Labute approximate surface area is 116 Å². The van der Waals surface area contributed by atoms with Crippen molar-refractivity contribution >= 4 is 12.0 Å². The van der Waals surface area contributed by atoms with Gasteiger partial charge in [0.25, 0.3) is 0 Å². The number of carbonyl (C=O) groups is 1. The Kier molecular flexibility index (Phi) is 4.10. The normalized spacial score (nSPS) is 10.1. The summed E-state index contributed by atoms with van der Waals surface area (Å²) in [5.41, 5.74) is 1.10. The van der Waals surface area contributed by atoms with E-state index in [4.69, 9.17) is 4.74 Å². The fourth-order valence-corrected chi connectivity index (χ4v) is 1.80. The Balaban J connectivity index is 2.43. The second kappa shape index (κ2) is 5.97. The average Bonchev–Trinajstić information content (AvgIpc) is 2.48. The van der Waals surface area contributed by atoms with Crippen molar-refractivity contribution in [3.05, 3.63) is 63.7 Å². The maximum absolute atomic E-state index is 11.1. The molecule has 2 aromatic carbocycles. The van der Waals surface area contributed by atoms with Crippen molar-refractivity contribution in [1.82, 2.24) is 0 Å². The van der Waals surface area contributed by atoms with E-state index < -0.39 is 4.92 Å². The first-order chi connectivity index (χ1) is 9.65. The molecule has 2 rings (SSSR count). The number of rotatable bonds is 5. The number of benzene rings is 2. The van der Waals surface area contributed by atoms with Crippen LogP contribution in [0.15, 0.2) is 42.5 Å². The van der Waals surface area contributed by atoms with Crippen LogP contribution in [0.4, 0.5) is 5.69 Å². The average molecular weight is 271 g/mol. The Bertz CT molecular complexity index is 652. The molecule has 0 bridgehead atoms. The second-order valence-electron chi connectivity index (χ2n) is 4.17. The van der Waals surface area contributed by atoms with Gasteiger partial charge in [0.05, 0.1) is 10.5 Å². The van der Waals surface area contributed by atoms with Gasteiger partial charge in [0, 0.05) is 6.07 Å². The highest BCUT2D eigenvalue weighted by Crippen LogP contribution is 2.33. The molecule has 0 aliphatic heterocycles. The first kappa shape index (κ1) is 13.7. The Morgan fingerprint density at radius 3 is 2.60 bits per heavy atom. The molecule has 0 saturated heterocycles. The highest BCUT2D eigenvalue weighted by Gasteiger charge is 2.17. The minimum atomic E-state index is -0.488. The van der Waals surface area contributed by atoms with Gasteiger partial charge in [-0.05, 0) is 30.2 Å². The van der Waals surface area contributed by atoms with Crippen molar-refractivity contribution in [2.45, 2.75) is 13.3 Å². The van der Waals surface area contributed by atoms with Gasteiger partial charge < -0.3 is 4.74 Å². The highest BCUT2D eigenvalue weighted by molar-refractivity contribution is 5.79. The largest absolute Gasteiger partial charge is 0.449 e. The lowest BCUT2D eigenvalue weighted by Gasteiger charge is -2.09. The molecule has 0 radical (unpaired) electrons. The minimum absolute atomic E-state index is 0.106. The fourth-order valence-electron chi connectivity index (χ4n) is 1.80. The molecule has 0 saturated carbocycles. The molecule has 0 aliphatic carbocycles. The summed E-state index contributed by atoms with van der Waals surface area (Å²) in [7, 11) is 0. The molecule has 2 aromatic rings. The monoisotopic (exact) mass is 271 g/mol. The summed E-state index contributed by atoms with van der Waals surface area (Å²) >= 11 is 0. The topological polar surface area (TPSA) is 69.4 Å². The Morgan fingerprint density at radius 1 is 1.20 bits per heavy atom. The molecule has 5 nitrogen and oxygen atoms in total. The Hall–Kier alpha value is -2.69. The van der Waals surface area contributed by atoms with Crippen LogP contribution >= 0.6 is 0 Å². The van der Waals surface area contributed by atoms with E-state index >= 15 is 0 Å². The molecule has 5 heteroatoms. The fraction of sp³-hybridized carbons (Fsp3) is 0.133. The van der Waals surface area contributed by atoms with Crippen LogP contribution in [0.25, 0.3) is 0 Å². The third-order valence-electron chi connectivity index (χ3n) is 2.89. The first-order valence-corrected chi connectivity index (χ1v) is 6.15. The molecule has 0 amide bonds. The summed E-state index contributed by atoms with van der Waals surface area (Å²) in [6.07, 6.45) is 1.35. The predicted octanol–water partition coefficient (Wildman–Crippen LogP) is 3.76. The minimum Gasteiger partial charge on any atom is -0.449 e. The molecule has 0 N–H and O–H groups in total. The van der Waals surface area contributed by atoms with Crippen molar-refractivity contribution in [2.24, 2.45) is 0 Å². The van der Waals surface area contributed by atoms with E-state index in [1.807, 2.05) is 6.92 Å². The lowest BCUT2D eigenvalue weighted by atomic mass is 10.1. The summed E-state index contributed by atoms with van der Waals surface area (Å²) in [5.74, 6) is 0.427. The molecule has 0 aromatic heterocycles. The van der Waals surface area contributed by atoms with E-state index in [1.165, 1.54) is 6.07 Å². The smallest absolute Gasteiger partial charge is 0.311 e. The van der Waals surface area contributed by atoms with Crippen LogP contribution in [0.1, 0.15) is 22.8 Å². The number of ether oxygens (including phenoxy) is 1. The van der Waals surface area contributed by atoms with Gasteiger partial charge in [-0.25, -0.2) is 0 Å². The molecular weight excluding hydrogens is 258 g/mol. The van der Waals surface area contributed by atoms with Crippen LogP contribution in [0.3, 0.4) is 0 Å². The molecule has 0 fully saturated rings.